The Kier molecular flexibility index (Phi) is 3.83. The molecule has 1 aromatic rings. The van der Waals surface area contributed by atoms with Crippen molar-refractivity contribution in [1.29, 1.82) is 0 Å². The van der Waals surface area contributed by atoms with E-state index in [2.05, 4.69) is 5.10 Å². The van der Waals surface area contributed by atoms with Gasteiger partial charge in [0.15, 0.2) is 0 Å². The van der Waals surface area contributed by atoms with Gasteiger partial charge in [0.25, 0.3) is 15.7 Å². The highest BCUT2D eigenvalue weighted by atomic mass is 32.2. The molecule has 1 aromatic heterocycles. The second-order valence-corrected chi connectivity index (χ2v) is 7.81. The molecular weight excluding hydrogens is 329 g/mol. The summed E-state index contributed by atoms with van der Waals surface area (Å²) in [5.74, 6) is 0. The number of nitrogens with zero attached hydrogens (tertiary/aromatic N) is 2. The summed E-state index contributed by atoms with van der Waals surface area (Å²) in [6.07, 6.45) is -5.49. The number of hydrogen-bond donors (Lipinski definition) is 1. The monoisotopic (exact) mass is 342 g/mol. The molecule has 0 fully saturated rings. The molecule has 2 rings (SSSR count). The molecule has 118 valence electrons. The van der Waals surface area contributed by atoms with E-state index >= 15 is 0 Å². The van der Waals surface area contributed by atoms with Crippen molar-refractivity contribution in [3.63, 3.8) is 0 Å². The minimum Gasteiger partial charge on any atom is -0.361 e. The van der Waals surface area contributed by atoms with Crippen LogP contribution in [-0.2, 0) is 16.4 Å². The summed E-state index contributed by atoms with van der Waals surface area (Å²) in [7, 11) is -4.56. The standard InChI is InChI=1S/C11H13F3N2O3S2/c1-3-8-4-5-9(20-8)21(18,19)16-10(17,11(12,13)14)6-7(2)15-16/h4-5,17H,3,6H2,1-2H3. The summed E-state index contributed by atoms with van der Waals surface area (Å²) in [5, 5.41) is 13.2. The minimum atomic E-state index is -5.15. The van der Waals surface area contributed by atoms with Crippen LogP contribution in [0.2, 0.25) is 0 Å². The van der Waals surface area contributed by atoms with Crippen LogP contribution < -0.4 is 0 Å². The molecule has 0 spiro atoms. The lowest BCUT2D eigenvalue weighted by molar-refractivity contribution is -0.291. The molecule has 0 amide bonds. The van der Waals surface area contributed by atoms with Gasteiger partial charge < -0.3 is 5.11 Å². The van der Waals surface area contributed by atoms with E-state index < -0.39 is 28.3 Å². The smallest absolute Gasteiger partial charge is 0.361 e. The van der Waals surface area contributed by atoms with Crippen LogP contribution in [0.1, 0.15) is 25.1 Å². The lowest BCUT2D eigenvalue weighted by Gasteiger charge is -2.32. The maximum Gasteiger partial charge on any atom is 0.439 e. The zero-order chi connectivity index (χ0) is 16.1. The molecule has 21 heavy (non-hydrogen) atoms. The Hall–Kier alpha value is -1.13. The van der Waals surface area contributed by atoms with Crippen molar-refractivity contribution < 1.29 is 26.7 Å². The van der Waals surface area contributed by atoms with Crippen LogP contribution in [0.15, 0.2) is 21.4 Å². The van der Waals surface area contributed by atoms with Gasteiger partial charge in [-0.15, -0.1) is 15.8 Å². The number of rotatable bonds is 3. The Bertz CT molecular complexity index is 681. The van der Waals surface area contributed by atoms with Crippen molar-refractivity contribution in [3.05, 3.63) is 17.0 Å². The van der Waals surface area contributed by atoms with Gasteiger partial charge in [-0.05, 0) is 25.5 Å². The van der Waals surface area contributed by atoms with E-state index in [1.54, 1.807) is 6.92 Å². The van der Waals surface area contributed by atoms with Gasteiger partial charge in [-0.2, -0.15) is 26.7 Å². The first-order valence-electron chi connectivity index (χ1n) is 5.99. The first kappa shape index (κ1) is 16.2. The topological polar surface area (TPSA) is 70.0 Å². The van der Waals surface area contributed by atoms with Crippen LogP contribution in [0.4, 0.5) is 13.2 Å². The molecule has 1 aliphatic rings. The number of halogens is 3. The van der Waals surface area contributed by atoms with Crippen molar-refractivity contribution in [3.8, 4) is 0 Å². The summed E-state index contributed by atoms with van der Waals surface area (Å²) in [6, 6.07) is 2.75. The van der Waals surface area contributed by atoms with E-state index in [0.717, 1.165) is 11.3 Å². The average Bonchev–Trinajstić information content (AvgIpc) is 2.93. The Balaban J connectivity index is 2.51. The summed E-state index contributed by atoms with van der Waals surface area (Å²) in [6.45, 7) is 3.03. The number of aliphatic hydroxyl groups is 1. The first-order chi connectivity index (χ1) is 9.52. The van der Waals surface area contributed by atoms with Gasteiger partial charge in [-0.3, -0.25) is 0 Å². The predicted octanol–water partition coefficient (Wildman–Crippen LogP) is 2.33. The lowest BCUT2D eigenvalue weighted by atomic mass is 10.1. The fourth-order valence-electron chi connectivity index (χ4n) is 1.93. The summed E-state index contributed by atoms with van der Waals surface area (Å²) >= 11 is 0.862. The minimum absolute atomic E-state index is 0.106. The quantitative estimate of drug-likeness (QED) is 0.916. The Morgan fingerprint density at radius 2 is 2.10 bits per heavy atom. The van der Waals surface area contributed by atoms with Crippen LogP contribution in [0.25, 0.3) is 0 Å². The molecule has 0 saturated carbocycles. The van der Waals surface area contributed by atoms with Crippen LogP contribution >= 0.6 is 11.3 Å². The fraction of sp³-hybridized carbons (Fsp3) is 0.545. The van der Waals surface area contributed by atoms with E-state index in [4.69, 9.17) is 0 Å². The zero-order valence-electron chi connectivity index (χ0n) is 11.2. The summed E-state index contributed by atoms with van der Waals surface area (Å²) in [4.78, 5) is 0.712. The Morgan fingerprint density at radius 1 is 1.48 bits per heavy atom. The van der Waals surface area contributed by atoms with Crippen LogP contribution in [0.5, 0.6) is 0 Å². The van der Waals surface area contributed by atoms with Gasteiger partial charge in [-0.1, -0.05) is 6.92 Å². The third kappa shape index (κ3) is 2.55. The lowest BCUT2D eigenvalue weighted by Crippen LogP contribution is -2.56. The molecule has 0 aliphatic carbocycles. The number of sulfonamides is 1. The van der Waals surface area contributed by atoms with Crippen LogP contribution in [0.3, 0.4) is 0 Å². The highest BCUT2D eigenvalue weighted by molar-refractivity contribution is 7.91. The Labute approximate surface area is 123 Å². The van der Waals surface area contributed by atoms with Crippen molar-refractivity contribution in [2.24, 2.45) is 5.10 Å². The third-order valence-electron chi connectivity index (χ3n) is 3.00. The van der Waals surface area contributed by atoms with Gasteiger partial charge in [0.1, 0.15) is 4.21 Å². The Morgan fingerprint density at radius 3 is 2.57 bits per heavy atom. The molecule has 0 aromatic carbocycles. The first-order valence-corrected chi connectivity index (χ1v) is 8.25. The maximum absolute atomic E-state index is 13.1. The predicted molar refractivity (Wildman–Crippen MR) is 71.5 cm³/mol. The van der Waals surface area contributed by atoms with E-state index in [-0.39, 0.29) is 14.3 Å². The molecule has 0 radical (unpaired) electrons. The number of hydrazone groups is 1. The third-order valence-corrected chi connectivity index (χ3v) is 6.39. The summed E-state index contributed by atoms with van der Waals surface area (Å²) in [5.41, 5.74) is -3.64. The van der Waals surface area contributed by atoms with E-state index in [1.807, 2.05) is 0 Å². The van der Waals surface area contributed by atoms with E-state index in [1.165, 1.54) is 19.1 Å². The van der Waals surface area contributed by atoms with Gasteiger partial charge in [0.2, 0.25) is 0 Å². The highest BCUT2D eigenvalue weighted by Gasteiger charge is 2.64. The molecule has 1 N–H and O–H groups in total. The van der Waals surface area contributed by atoms with Gasteiger partial charge in [0, 0.05) is 17.0 Å². The molecule has 0 bridgehead atoms. The van der Waals surface area contributed by atoms with Crippen molar-refractivity contribution in [2.75, 3.05) is 0 Å². The van der Waals surface area contributed by atoms with Crippen molar-refractivity contribution >= 4 is 27.1 Å². The van der Waals surface area contributed by atoms with E-state index in [0.29, 0.717) is 11.3 Å². The van der Waals surface area contributed by atoms with Crippen LogP contribution in [-0.4, -0.2) is 35.6 Å². The summed E-state index contributed by atoms with van der Waals surface area (Å²) < 4.78 is 63.4. The molecule has 1 atom stereocenters. The van der Waals surface area contributed by atoms with Gasteiger partial charge in [-0.25, -0.2) is 0 Å². The van der Waals surface area contributed by atoms with Crippen molar-refractivity contribution in [2.45, 2.75) is 42.8 Å². The molecule has 1 unspecified atom stereocenters. The van der Waals surface area contributed by atoms with Crippen molar-refractivity contribution in [1.82, 2.24) is 4.41 Å². The number of thiophene rings is 1. The average molecular weight is 342 g/mol. The fourth-order valence-corrected chi connectivity index (χ4v) is 4.78. The molecule has 2 heterocycles. The van der Waals surface area contributed by atoms with Crippen LogP contribution in [0, 0.1) is 0 Å². The number of alkyl halides is 3. The van der Waals surface area contributed by atoms with E-state index in [9.17, 15) is 26.7 Å². The van der Waals surface area contributed by atoms with Gasteiger partial charge in [0.05, 0.1) is 0 Å². The highest BCUT2D eigenvalue weighted by Crippen LogP contribution is 2.43. The molecule has 0 saturated heterocycles. The molecule has 1 aliphatic heterocycles. The zero-order valence-corrected chi connectivity index (χ0v) is 12.8. The second kappa shape index (κ2) is 4.96. The number of aryl methyl sites for hydroxylation is 1. The number of hydrogen-bond acceptors (Lipinski definition) is 5. The maximum atomic E-state index is 13.1. The molecule has 5 nitrogen and oxygen atoms in total. The SMILES string of the molecule is CCc1ccc(S(=O)(=O)N2N=C(C)CC2(O)C(F)(F)F)s1. The molecule has 10 heteroatoms. The van der Waals surface area contributed by atoms with Gasteiger partial charge >= 0.3 is 6.18 Å². The largest absolute Gasteiger partial charge is 0.439 e. The normalized spacial score (nSPS) is 23.5. The molecular formula is C11H13F3N2O3S2. The second-order valence-electron chi connectivity index (χ2n) is 4.65.